The van der Waals surface area contributed by atoms with E-state index >= 15 is 0 Å². The van der Waals surface area contributed by atoms with Crippen molar-refractivity contribution >= 4 is 33.2 Å². The van der Waals surface area contributed by atoms with Gasteiger partial charge in [-0.25, -0.2) is 13.6 Å². The maximum absolute atomic E-state index is 12.0. The molecule has 0 radical (unpaired) electrons. The zero-order valence-electron chi connectivity index (χ0n) is 17.3. The maximum Gasteiger partial charge on any atom is 0.258 e. The molecule has 0 bridgehead atoms. The third kappa shape index (κ3) is 7.08. The highest BCUT2D eigenvalue weighted by atomic mass is 35.5. The summed E-state index contributed by atoms with van der Waals surface area (Å²) in [4.78, 5) is 12.0. The summed E-state index contributed by atoms with van der Waals surface area (Å²) in [6, 6.07) is 9.35. The summed E-state index contributed by atoms with van der Waals surface area (Å²) in [6.07, 6.45) is 0. The number of ether oxygens (including phenoxy) is 2. The van der Waals surface area contributed by atoms with Crippen molar-refractivity contribution in [2.75, 3.05) is 19.0 Å². The van der Waals surface area contributed by atoms with Crippen LogP contribution in [0.5, 0.6) is 11.5 Å². The first-order valence-electron chi connectivity index (χ1n) is 9.06. The number of hydrogen-bond acceptors (Lipinski definition) is 6. The average molecular weight is 456 g/mol. The Bertz CT molecular complexity index is 1000. The predicted octanol–water partition coefficient (Wildman–Crippen LogP) is 2.90. The maximum atomic E-state index is 12.0. The van der Waals surface area contributed by atoms with Gasteiger partial charge in [-0.3, -0.25) is 4.79 Å². The number of hydrogen-bond donors (Lipinski definition) is 3. The van der Waals surface area contributed by atoms with E-state index in [4.69, 9.17) is 26.2 Å². The quantitative estimate of drug-likeness (QED) is 0.563. The summed E-state index contributed by atoms with van der Waals surface area (Å²) >= 11 is 6.36. The SMILES string of the molecule is COc1cc(CNc2ccc(S(N)(=O)=O)cc2)c(Cl)cc1OCC(=O)NC(C)(C)C. The smallest absolute Gasteiger partial charge is 0.258 e. The van der Waals surface area contributed by atoms with E-state index in [9.17, 15) is 13.2 Å². The fourth-order valence-corrected chi connectivity index (χ4v) is 3.28. The molecule has 8 nitrogen and oxygen atoms in total. The van der Waals surface area contributed by atoms with Crippen molar-refractivity contribution in [3.63, 3.8) is 0 Å². The van der Waals surface area contributed by atoms with E-state index in [0.29, 0.717) is 28.8 Å². The Kier molecular flexibility index (Phi) is 7.57. The number of methoxy groups -OCH3 is 1. The molecule has 0 aliphatic carbocycles. The first-order valence-corrected chi connectivity index (χ1v) is 11.0. The number of carbonyl (C=O) groups excluding carboxylic acids is 1. The molecule has 0 heterocycles. The highest BCUT2D eigenvalue weighted by Gasteiger charge is 2.16. The Morgan fingerprint density at radius 3 is 2.30 bits per heavy atom. The number of anilines is 1. The van der Waals surface area contributed by atoms with Gasteiger partial charge in [-0.2, -0.15) is 0 Å². The van der Waals surface area contributed by atoms with Gasteiger partial charge in [0, 0.05) is 28.9 Å². The predicted molar refractivity (Wildman–Crippen MR) is 117 cm³/mol. The van der Waals surface area contributed by atoms with Crippen LogP contribution in [-0.4, -0.2) is 33.6 Å². The Morgan fingerprint density at radius 1 is 1.13 bits per heavy atom. The third-order valence-electron chi connectivity index (χ3n) is 3.87. The van der Waals surface area contributed by atoms with Crippen LogP contribution in [0.1, 0.15) is 26.3 Å². The number of halogens is 1. The van der Waals surface area contributed by atoms with Gasteiger partial charge in [0.2, 0.25) is 10.0 Å². The lowest BCUT2D eigenvalue weighted by molar-refractivity contribution is -0.124. The van der Waals surface area contributed by atoms with Crippen LogP contribution in [0, 0.1) is 0 Å². The second-order valence-corrected chi connectivity index (χ2v) is 9.57. The van der Waals surface area contributed by atoms with Crippen molar-refractivity contribution in [3.8, 4) is 11.5 Å². The largest absolute Gasteiger partial charge is 0.493 e. The first kappa shape index (κ1) is 23.8. The number of nitrogens with two attached hydrogens (primary N) is 1. The van der Waals surface area contributed by atoms with Crippen LogP contribution in [0.15, 0.2) is 41.3 Å². The summed E-state index contributed by atoms with van der Waals surface area (Å²) in [5.41, 5.74) is 1.07. The van der Waals surface area contributed by atoms with E-state index in [1.807, 2.05) is 20.8 Å². The van der Waals surface area contributed by atoms with Gasteiger partial charge in [0.05, 0.1) is 12.0 Å². The number of nitrogens with one attached hydrogen (secondary N) is 2. The Balaban J connectivity index is 2.07. The van der Waals surface area contributed by atoms with Crippen molar-refractivity contribution in [1.82, 2.24) is 5.32 Å². The fraction of sp³-hybridized carbons (Fsp3) is 0.350. The van der Waals surface area contributed by atoms with Crippen LogP contribution in [0.4, 0.5) is 5.69 Å². The van der Waals surface area contributed by atoms with Crippen LogP contribution in [0.3, 0.4) is 0 Å². The van der Waals surface area contributed by atoms with Crippen LogP contribution < -0.4 is 25.2 Å². The second-order valence-electron chi connectivity index (χ2n) is 7.60. The molecule has 0 aliphatic heterocycles. The van der Waals surface area contributed by atoms with E-state index in [2.05, 4.69) is 10.6 Å². The minimum Gasteiger partial charge on any atom is -0.493 e. The molecule has 0 saturated heterocycles. The number of sulfonamides is 1. The summed E-state index contributed by atoms with van der Waals surface area (Å²) in [6.45, 7) is 5.83. The van der Waals surface area contributed by atoms with Crippen molar-refractivity contribution < 1.29 is 22.7 Å². The van der Waals surface area contributed by atoms with Gasteiger partial charge in [0.25, 0.3) is 5.91 Å². The lowest BCUT2D eigenvalue weighted by Crippen LogP contribution is -2.43. The summed E-state index contributed by atoms with van der Waals surface area (Å²) in [7, 11) is -2.24. The minimum absolute atomic E-state index is 0.0322. The summed E-state index contributed by atoms with van der Waals surface area (Å²) < 4.78 is 33.6. The molecule has 0 atom stereocenters. The van der Waals surface area contributed by atoms with Gasteiger partial charge in [-0.15, -0.1) is 0 Å². The van der Waals surface area contributed by atoms with E-state index in [-0.39, 0.29) is 22.9 Å². The molecule has 1 amide bonds. The average Bonchev–Trinajstić information content (AvgIpc) is 2.63. The number of benzene rings is 2. The van der Waals surface area contributed by atoms with E-state index in [1.54, 1.807) is 24.3 Å². The van der Waals surface area contributed by atoms with Gasteiger partial charge in [-0.1, -0.05) is 11.6 Å². The van der Waals surface area contributed by atoms with E-state index in [0.717, 1.165) is 5.56 Å². The number of rotatable bonds is 8. The number of primary sulfonamides is 1. The van der Waals surface area contributed by atoms with E-state index in [1.165, 1.54) is 19.2 Å². The molecular weight excluding hydrogens is 430 g/mol. The standard InChI is InChI=1S/C20H26ClN3O5S/c1-20(2,3)24-19(25)12-29-18-10-16(21)13(9-17(18)28-4)11-23-14-5-7-15(8-6-14)30(22,26)27/h5-10,23H,11-12H2,1-4H3,(H,24,25)(H2,22,26,27). The Hall–Kier alpha value is -2.49. The molecule has 0 unspecified atom stereocenters. The lowest BCUT2D eigenvalue weighted by Gasteiger charge is -2.21. The molecule has 0 fully saturated rings. The van der Waals surface area contributed by atoms with Crippen LogP contribution >= 0.6 is 11.6 Å². The fourth-order valence-electron chi connectivity index (χ4n) is 2.54. The van der Waals surface area contributed by atoms with Crippen LogP contribution in [-0.2, 0) is 21.4 Å². The van der Waals surface area contributed by atoms with Crippen molar-refractivity contribution in [1.29, 1.82) is 0 Å². The van der Waals surface area contributed by atoms with Gasteiger partial charge in [0.15, 0.2) is 18.1 Å². The molecule has 30 heavy (non-hydrogen) atoms. The number of amides is 1. The molecule has 2 rings (SSSR count). The van der Waals surface area contributed by atoms with Crippen molar-refractivity contribution in [2.45, 2.75) is 37.8 Å². The second kappa shape index (κ2) is 9.55. The highest BCUT2D eigenvalue weighted by molar-refractivity contribution is 7.89. The minimum atomic E-state index is -3.74. The topological polar surface area (TPSA) is 120 Å². The normalized spacial score (nSPS) is 11.7. The monoisotopic (exact) mass is 455 g/mol. The molecule has 10 heteroatoms. The summed E-state index contributed by atoms with van der Waals surface area (Å²) in [5, 5.41) is 11.5. The van der Waals surface area contributed by atoms with Crippen molar-refractivity contribution in [2.24, 2.45) is 5.14 Å². The lowest BCUT2D eigenvalue weighted by atomic mass is 10.1. The zero-order valence-corrected chi connectivity index (χ0v) is 18.9. The molecule has 164 valence electrons. The molecule has 2 aromatic carbocycles. The third-order valence-corrected chi connectivity index (χ3v) is 5.15. The van der Waals surface area contributed by atoms with Gasteiger partial charge in [0.1, 0.15) is 0 Å². The van der Waals surface area contributed by atoms with Gasteiger partial charge < -0.3 is 20.1 Å². The molecule has 0 saturated carbocycles. The molecule has 4 N–H and O–H groups in total. The Labute approximate surface area is 181 Å². The molecule has 0 aliphatic rings. The first-order chi connectivity index (χ1) is 13.9. The molecule has 0 aromatic heterocycles. The van der Waals surface area contributed by atoms with E-state index < -0.39 is 10.0 Å². The molecule has 2 aromatic rings. The van der Waals surface area contributed by atoms with Gasteiger partial charge in [-0.05, 0) is 56.7 Å². The molecule has 0 spiro atoms. The Morgan fingerprint density at radius 2 is 1.77 bits per heavy atom. The highest BCUT2D eigenvalue weighted by Crippen LogP contribution is 2.33. The van der Waals surface area contributed by atoms with Crippen LogP contribution in [0.25, 0.3) is 0 Å². The van der Waals surface area contributed by atoms with Crippen LogP contribution in [0.2, 0.25) is 5.02 Å². The summed E-state index contributed by atoms with van der Waals surface area (Å²) in [5.74, 6) is 0.534. The number of carbonyl (C=O) groups is 1. The molecular formula is C20H26ClN3O5S. The van der Waals surface area contributed by atoms with Crippen molar-refractivity contribution in [3.05, 3.63) is 47.0 Å². The zero-order chi connectivity index (χ0) is 22.5. The van der Waals surface area contributed by atoms with Gasteiger partial charge >= 0.3 is 0 Å².